The van der Waals surface area contributed by atoms with Gasteiger partial charge in [0.15, 0.2) is 0 Å². The van der Waals surface area contributed by atoms with Crippen LogP contribution in [-0.4, -0.2) is 46.5 Å². The minimum Gasteiger partial charge on any atom is -0.412 e. The summed E-state index contributed by atoms with van der Waals surface area (Å²) < 4.78 is 19.5. The van der Waals surface area contributed by atoms with Crippen LogP contribution >= 0.6 is 0 Å². The van der Waals surface area contributed by atoms with Crippen LogP contribution in [0.15, 0.2) is 0 Å². The predicted octanol–water partition coefficient (Wildman–Crippen LogP) is -0.601. The van der Waals surface area contributed by atoms with Gasteiger partial charge in [0.05, 0.1) is 0 Å². The fourth-order valence-corrected chi connectivity index (χ4v) is 0.637. The molecule has 2 N–H and O–H groups in total. The van der Waals surface area contributed by atoms with Gasteiger partial charge in [-0.25, -0.2) is 0 Å². The first kappa shape index (κ1) is 13.4. The van der Waals surface area contributed by atoms with Crippen LogP contribution < -0.4 is 0 Å². The van der Waals surface area contributed by atoms with Gasteiger partial charge in [-0.1, -0.05) is 0 Å². The van der Waals surface area contributed by atoms with Crippen LogP contribution in [0.4, 0.5) is 0 Å². The van der Waals surface area contributed by atoms with E-state index in [1.54, 1.807) is 0 Å². The summed E-state index contributed by atoms with van der Waals surface area (Å²) in [5.41, 5.74) is 0. The van der Waals surface area contributed by atoms with Gasteiger partial charge in [-0.05, 0) is 0 Å². The largest absolute Gasteiger partial charge is 0.412 e. The molecule has 0 heterocycles. The molecule has 0 aliphatic heterocycles. The van der Waals surface area contributed by atoms with Crippen LogP contribution in [0, 0.1) is 0 Å². The quantitative estimate of drug-likeness (QED) is 0.514. The van der Waals surface area contributed by atoms with Gasteiger partial charge in [0, 0.05) is 28.4 Å². The Morgan fingerprint density at radius 3 is 0.909 bits per heavy atom. The third-order valence-electron chi connectivity index (χ3n) is 1.15. The average Bonchev–Trinajstić information content (AvgIpc) is 2.00. The van der Waals surface area contributed by atoms with E-state index in [-0.39, 0.29) is 5.48 Å². The molecule has 0 aromatic heterocycles. The Hall–Kier alpha value is -0.200. The van der Waals surface area contributed by atoms with Crippen molar-refractivity contribution < 1.29 is 24.4 Å². The molecule has 0 bridgehead atoms. The van der Waals surface area contributed by atoms with Crippen molar-refractivity contribution in [2.75, 3.05) is 28.4 Å². The lowest BCUT2D eigenvalue weighted by Gasteiger charge is -2.21. The van der Waals surface area contributed by atoms with Crippen molar-refractivity contribution >= 4 is 0 Å². The number of ether oxygens (including phenoxy) is 4. The van der Waals surface area contributed by atoms with E-state index in [2.05, 4.69) is 0 Å². The highest BCUT2D eigenvalue weighted by atomic mass is 16.8. The van der Waals surface area contributed by atoms with Crippen LogP contribution in [-0.2, 0) is 18.9 Å². The number of hydrogen-bond donors (Lipinski definition) is 0. The van der Waals surface area contributed by atoms with Gasteiger partial charge >= 0.3 is 0 Å². The van der Waals surface area contributed by atoms with Crippen LogP contribution in [0.2, 0.25) is 0 Å². The van der Waals surface area contributed by atoms with Crippen molar-refractivity contribution in [1.29, 1.82) is 0 Å². The molecule has 0 unspecified atom stereocenters. The Labute approximate surface area is 66.5 Å². The summed E-state index contributed by atoms with van der Waals surface area (Å²) in [4.78, 5) is 0. The standard InChI is InChI=1S/C6H14O4.H2O/c1-7-5(8-2)6(9-3)10-4;/h5-6H,1-4H3;1H2. The van der Waals surface area contributed by atoms with Gasteiger partial charge in [-0.15, -0.1) is 0 Å². The highest BCUT2D eigenvalue weighted by Gasteiger charge is 2.18. The topological polar surface area (TPSA) is 68.4 Å². The van der Waals surface area contributed by atoms with E-state index in [9.17, 15) is 0 Å². The Morgan fingerprint density at radius 2 is 0.818 bits per heavy atom. The van der Waals surface area contributed by atoms with E-state index in [4.69, 9.17) is 18.9 Å². The molecular formula is C6H16O5. The molecule has 0 aromatic carbocycles. The molecule has 0 spiro atoms. The highest BCUT2D eigenvalue weighted by molar-refractivity contribution is 4.45. The number of methoxy groups -OCH3 is 4. The Kier molecular flexibility index (Phi) is 9.62. The molecule has 0 aliphatic rings. The molecule has 70 valence electrons. The third-order valence-corrected chi connectivity index (χ3v) is 1.15. The monoisotopic (exact) mass is 168 g/mol. The molecule has 0 amide bonds. The summed E-state index contributed by atoms with van der Waals surface area (Å²) in [6, 6.07) is 0. The van der Waals surface area contributed by atoms with Gasteiger partial charge in [-0.2, -0.15) is 0 Å². The summed E-state index contributed by atoms with van der Waals surface area (Å²) in [7, 11) is 6.11. The minimum atomic E-state index is -0.463. The van der Waals surface area contributed by atoms with Gasteiger partial charge in [-0.3, -0.25) is 0 Å². The fraction of sp³-hybridized carbons (Fsp3) is 1.00. The van der Waals surface area contributed by atoms with Gasteiger partial charge in [0.25, 0.3) is 0 Å². The second-order valence-corrected chi connectivity index (χ2v) is 1.68. The molecule has 0 atom stereocenters. The van der Waals surface area contributed by atoms with E-state index < -0.39 is 12.6 Å². The molecule has 0 saturated carbocycles. The predicted molar refractivity (Wildman–Crippen MR) is 39.2 cm³/mol. The second-order valence-electron chi connectivity index (χ2n) is 1.68. The lowest BCUT2D eigenvalue weighted by atomic mass is 10.6. The molecular weight excluding hydrogens is 152 g/mol. The number of rotatable bonds is 5. The zero-order valence-electron chi connectivity index (χ0n) is 7.29. The van der Waals surface area contributed by atoms with Crippen molar-refractivity contribution in [3.63, 3.8) is 0 Å². The normalized spacial score (nSPS) is 10.4. The third kappa shape index (κ3) is 4.28. The van der Waals surface area contributed by atoms with Crippen LogP contribution in [0.25, 0.3) is 0 Å². The van der Waals surface area contributed by atoms with Crippen LogP contribution in [0.5, 0.6) is 0 Å². The summed E-state index contributed by atoms with van der Waals surface area (Å²) >= 11 is 0. The van der Waals surface area contributed by atoms with Gasteiger partial charge in [0.2, 0.25) is 12.6 Å². The minimum absolute atomic E-state index is 0. The maximum atomic E-state index is 4.87. The molecule has 0 rings (SSSR count). The van der Waals surface area contributed by atoms with E-state index >= 15 is 0 Å². The smallest absolute Gasteiger partial charge is 0.208 e. The number of hydrogen-bond acceptors (Lipinski definition) is 4. The lowest BCUT2D eigenvalue weighted by molar-refractivity contribution is -0.254. The van der Waals surface area contributed by atoms with E-state index in [1.165, 1.54) is 28.4 Å². The summed E-state index contributed by atoms with van der Waals surface area (Å²) in [5, 5.41) is 0. The molecule has 0 saturated heterocycles. The molecule has 0 aliphatic carbocycles. The van der Waals surface area contributed by atoms with Crippen molar-refractivity contribution in [2.45, 2.75) is 12.6 Å². The van der Waals surface area contributed by atoms with Crippen molar-refractivity contribution in [3.8, 4) is 0 Å². The summed E-state index contributed by atoms with van der Waals surface area (Å²) in [5.74, 6) is 0. The summed E-state index contributed by atoms with van der Waals surface area (Å²) in [6.07, 6.45) is -0.926. The van der Waals surface area contributed by atoms with Crippen molar-refractivity contribution in [3.05, 3.63) is 0 Å². The highest BCUT2D eigenvalue weighted by Crippen LogP contribution is 2.02. The maximum Gasteiger partial charge on any atom is 0.208 e. The maximum absolute atomic E-state index is 4.87. The zero-order valence-corrected chi connectivity index (χ0v) is 7.29. The Bertz CT molecular complexity index is 59.4. The van der Waals surface area contributed by atoms with Gasteiger partial charge in [0.1, 0.15) is 0 Å². The van der Waals surface area contributed by atoms with Gasteiger partial charge < -0.3 is 24.4 Å². The average molecular weight is 168 g/mol. The van der Waals surface area contributed by atoms with Crippen LogP contribution in [0.3, 0.4) is 0 Å². The fourth-order valence-electron chi connectivity index (χ4n) is 0.637. The van der Waals surface area contributed by atoms with E-state index in [1.807, 2.05) is 0 Å². The molecule has 11 heavy (non-hydrogen) atoms. The molecule has 5 nitrogen and oxygen atoms in total. The first-order chi connectivity index (χ1) is 4.79. The molecule has 5 heteroatoms. The first-order valence-corrected chi connectivity index (χ1v) is 2.91. The van der Waals surface area contributed by atoms with E-state index in [0.29, 0.717) is 0 Å². The van der Waals surface area contributed by atoms with Crippen LogP contribution in [0.1, 0.15) is 0 Å². The SMILES string of the molecule is COC(OC)C(OC)OC.O. The molecule has 0 fully saturated rings. The first-order valence-electron chi connectivity index (χ1n) is 2.91. The van der Waals surface area contributed by atoms with Crippen molar-refractivity contribution in [2.24, 2.45) is 0 Å². The summed E-state index contributed by atoms with van der Waals surface area (Å²) in [6.45, 7) is 0. The zero-order chi connectivity index (χ0) is 7.98. The Morgan fingerprint density at radius 1 is 0.636 bits per heavy atom. The van der Waals surface area contributed by atoms with Crippen molar-refractivity contribution in [1.82, 2.24) is 0 Å². The second kappa shape index (κ2) is 7.90. The Balaban J connectivity index is 0. The molecule has 0 radical (unpaired) electrons. The molecule has 0 aromatic rings. The lowest BCUT2D eigenvalue weighted by Crippen LogP contribution is -2.32. The van der Waals surface area contributed by atoms with E-state index in [0.717, 1.165) is 0 Å².